The SMILES string of the molecule is C#CCC(NN)c1cc(C)c(Br)s1. The van der Waals surface area contributed by atoms with Gasteiger partial charge < -0.3 is 0 Å². The van der Waals surface area contributed by atoms with Gasteiger partial charge in [0.1, 0.15) is 0 Å². The van der Waals surface area contributed by atoms with Crippen molar-refractivity contribution in [2.45, 2.75) is 19.4 Å². The number of hydrogen-bond donors (Lipinski definition) is 2. The minimum Gasteiger partial charge on any atom is -0.271 e. The molecule has 1 heterocycles. The fourth-order valence-electron chi connectivity index (χ4n) is 1.01. The van der Waals surface area contributed by atoms with Gasteiger partial charge in [-0.1, -0.05) is 0 Å². The van der Waals surface area contributed by atoms with Crippen LogP contribution < -0.4 is 11.3 Å². The zero-order chi connectivity index (χ0) is 9.84. The van der Waals surface area contributed by atoms with Crippen LogP contribution in [0.3, 0.4) is 0 Å². The van der Waals surface area contributed by atoms with E-state index in [0.717, 1.165) is 3.79 Å². The Balaban J connectivity index is 2.86. The molecule has 0 spiro atoms. The second-order valence-corrected chi connectivity index (χ2v) is 5.13. The number of hydrogen-bond acceptors (Lipinski definition) is 3. The summed E-state index contributed by atoms with van der Waals surface area (Å²) in [6.45, 7) is 2.05. The van der Waals surface area contributed by atoms with Gasteiger partial charge in [-0.3, -0.25) is 11.3 Å². The molecule has 70 valence electrons. The van der Waals surface area contributed by atoms with E-state index in [1.54, 1.807) is 11.3 Å². The van der Waals surface area contributed by atoms with Crippen molar-refractivity contribution in [3.63, 3.8) is 0 Å². The molecule has 1 aromatic rings. The summed E-state index contributed by atoms with van der Waals surface area (Å²) in [4.78, 5) is 1.17. The quantitative estimate of drug-likeness (QED) is 0.496. The number of aryl methyl sites for hydroxylation is 1. The van der Waals surface area contributed by atoms with Gasteiger partial charge in [0.05, 0.1) is 9.83 Å². The highest BCUT2D eigenvalue weighted by atomic mass is 79.9. The van der Waals surface area contributed by atoms with Crippen LogP contribution in [0.2, 0.25) is 0 Å². The van der Waals surface area contributed by atoms with Crippen molar-refractivity contribution in [2.24, 2.45) is 5.84 Å². The third-order valence-corrected chi connectivity index (χ3v) is 3.99. The summed E-state index contributed by atoms with van der Waals surface area (Å²) in [6, 6.07) is 2.16. The first-order valence-electron chi connectivity index (χ1n) is 3.84. The van der Waals surface area contributed by atoms with E-state index in [1.165, 1.54) is 10.4 Å². The number of rotatable bonds is 3. The van der Waals surface area contributed by atoms with Gasteiger partial charge in [0.25, 0.3) is 0 Å². The fraction of sp³-hybridized carbons (Fsp3) is 0.333. The molecular formula is C9H11BrN2S. The smallest absolute Gasteiger partial charge is 0.0731 e. The monoisotopic (exact) mass is 258 g/mol. The molecule has 0 saturated heterocycles. The largest absolute Gasteiger partial charge is 0.271 e. The molecule has 0 saturated carbocycles. The predicted molar refractivity (Wildman–Crippen MR) is 60.3 cm³/mol. The zero-order valence-corrected chi connectivity index (χ0v) is 9.71. The summed E-state index contributed by atoms with van der Waals surface area (Å²) in [5, 5.41) is 0. The minimum atomic E-state index is 0.0694. The van der Waals surface area contributed by atoms with Gasteiger partial charge >= 0.3 is 0 Å². The summed E-state index contributed by atoms with van der Waals surface area (Å²) < 4.78 is 1.14. The van der Waals surface area contributed by atoms with Crippen molar-refractivity contribution in [3.05, 3.63) is 20.3 Å². The van der Waals surface area contributed by atoms with Crippen LogP contribution in [0.5, 0.6) is 0 Å². The zero-order valence-electron chi connectivity index (χ0n) is 7.30. The average Bonchev–Trinajstić information content (AvgIpc) is 2.43. The highest BCUT2D eigenvalue weighted by molar-refractivity contribution is 9.11. The van der Waals surface area contributed by atoms with Crippen LogP contribution in [0, 0.1) is 19.3 Å². The Kier molecular flexibility index (Phi) is 3.94. The fourth-order valence-corrected chi connectivity index (χ4v) is 2.65. The number of thiophene rings is 1. The maximum Gasteiger partial charge on any atom is 0.0731 e. The van der Waals surface area contributed by atoms with Crippen molar-refractivity contribution >= 4 is 27.3 Å². The molecule has 1 aromatic heterocycles. The van der Waals surface area contributed by atoms with E-state index in [-0.39, 0.29) is 6.04 Å². The number of nitrogens with two attached hydrogens (primary N) is 1. The third-order valence-electron chi connectivity index (χ3n) is 1.74. The predicted octanol–water partition coefficient (Wildman–Crippen LogP) is 2.35. The molecule has 0 amide bonds. The van der Waals surface area contributed by atoms with Crippen LogP contribution in [0.25, 0.3) is 0 Å². The topological polar surface area (TPSA) is 38.0 Å². The lowest BCUT2D eigenvalue weighted by Crippen LogP contribution is -2.26. The van der Waals surface area contributed by atoms with Gasteiger partial charge in [-0.05, 0) is 34.5 Å². The molecule has 1 rings (SSSR count). The van der Waals surface area contributed by atoms with E-state index in [1.807, 2.05) is 6.92 Å². The van der Waals surface area contributed by atoms with E-state index in [9.17, 15) is 0 Å². The summed E-state index contributed by atoms with van der Waals surface area (Å²) in [7, 11) is 0. The van der Waals surface area contributed by atoms with E-state index < -0.39 is 0 Å². The van der Waals surface area contributed by atoms with Crippen molar-refractivity contribution in [1.82, 2.24) is 5.43 Å². The lowest BCUT2D eigenvalue weighted by molar-refractivity contribution is 0.577. The standard InChI is InChI=1S/C9H11BrN2S/c1-3-4-7(12-11)8-5-6(2)9(10)13-8/h1,5,7,12H,4,11H2,2H3. The summed E-state index contributed by atoms with van der Waals surface area (Å²) >= 11 is 5.13. The second kappa shape index (κ2) is 4.77. The van der Waals surface area contributed by atoms with Crippen LogP contribution in [0.4, 0.5) is 0 Å². The van der Waals surface area contributed by atoms with Crippen molar-refractivity contribution in [3.8, 4) is 12.3 Å². The first-order valence-corrected chi connectivity index (χ1v) is 5.45. The van der Waals surface area contributed by atoms with Crippen molar-refractivity contribution in [1.29, 1.82) is 0 Å². The third kappa shape index (κ3) is 2.55. The molecule has 13 heavy (non-hydrogen) atoms. The number of nitrogens with one attached hydrogen (secondary N) is 1. The molecule has 3 N–H and O–H groups in total. The Hall–Kier alpha value is -0.340. The van der Waals surface area contributed by atoms with Gasteiger partial charge in [0.15, 0.2) is 0 Å². The summed E-state index contributed by atoms with van der Waals surface area (Å²) in [5.74, 6) is 7.99. The average molecular weight is 259 g/mol. The van der Waals surface area contributed by atoms with Crippen LogP contribution in [-0.4, -0.2) is 0 Å². The first kappa shape index (κ1) is 10.7. The highest BCUT2D eigenvalue weighted by Gasteiger charge is 2.12. The first-order chi connectivity index (χ1) is 6.19. The molecule has 0 aliphatic rings. The number of terminal acetylenes is 1. The van der Waals surface area contributed by atoms with E-state index in [2.05, 4.69) is 33.3 Å². The van der Waals surface area contributed by atoms with Crippen molar-refractivity contribution in [2.75, 3.05) is 0 Å². The Morgan fingerprint density at radius 3 is 2.92 bits per heavy atom. The summed E-state index contributed by atoms with van der Waals surface area (Å²) in [5.41, 5.74) is 3.93. The van der Waals surface area contributed by atoms with Gasteiger partial charge in [-0.2, -0.15) is 0 Å². The molecule has 1 atom stereocenters. The normalized spacial score (nSPS) is 12.5. The lowest BCUT2D eigenvalue weighted by atomic mass is 10.2. The molecule has 0 radical (unpaired) electrons. The molecular weight excluding hydrogens is 248 g/mol. The Morgan fingerprint density at radius 2 is 2.54 bits per heavy atom. The maximum atomic E-state index is 5.40. The Morgan fingerprint density at radius 1 is 1.85 bits per heavy atom. The molecule has 2 nitrogen and oxygen atoms in total. The minimum absolute atomic E-state index is 0.0694. The number of halogens is 1. The van der Waals surface area contributed by atoms with Gasteiger partial charge in [-0.25, -0.2) is 0 Å². The van der Waals surface area contributed by atoms with Gasteiger partial charge in [0, 0.05) is 11.3 Å². The Bertz CT molecular complexity index is 307. The molecule has 0 aromatic carbocycles. The van der Waals surface area contributed by atoms with E-state index in [4.69, 9.17) is 12.3 Å². The lowest BCUT2D eigenvalue weighted by Gasteiger charge is -2.09. The second-order valence-electron chi connectivity index (χ2n) is 2.73. The van der Waals surface area contributed by atoms with E-state index in [0.29, 0.717) is 6.42 Å². The van der Waals surface area contributed by atoms with E-state index >= 15 is 0 Å². The van der Waals surface area contributed by atoms with Gasteiger partial charge in [-0.15, -0.1) is 23.7 Å². The van der Waals surface area contributed by atoms with Crippen LogP contribution in [0.1, 0.15) is 22.9 Å². The van der Waals surface area contributed by atoms with Crippen LogP contribution in [0.15, 0.2) is 9.85 Å². The molecule has 1 unspecified atom stereocenters. The summed E-state index contributed by atoms with van der Waals surface area (Å²) in [6.07, 6.45) is 5.85. The molecule has 0 aliphatic heterocycles. The molecule has 0 fully saturated rings. The number of hydrazine groups is 1. The molecule has 4 heteroatoms. The maximum absolute atomic E-state index is 5.40. The Labute approximate surface area is 90.6 Å². The highest BCUT2D eigenvalue weighted by Crippen LogP contribution is 2.32. The molecule has 0 aliphatic carbocycles. The van der Waals surface area contributed by atoms with Gasteiger partial charge in [0.2, 0.25) is 0 Å². The molecule has 0 bridgehead atoms. The van der Waals surface area contributed by atoms with Crippen LogP contribution >= 0.6 is 27.3 Å². The van der Waals surface area contributed by atoms with Crippen LogP contribution in [-0.2, 0) is 0 Å². The van der Waals surface area contributed by atoms with Crippen molar-refractivity contribution < 1.29 is 0 Å².